The largest absolute Gasteiger partial charge is 0.479 e. The van der Waals surface area contributed by atoms with Gasteiger partial charge in [0.05, 0.1) is 19.9 Å². The van der Waals surface area contributed by atoms with Gasteiger partial charge in [0.25, 0.3) is 5.88 Å². The van der Waals surface area contributed by atoms with Crippen LogP contribution >= 0.6 is 0 Å². The highest BCUT2D eigenvalue weighted by Gasteiger charge is 2.23. The van der Waals surface area contributed by atoms with Crippen molar-refractivity contribution in [2.24, 2.45) is 0 Å². The number of rotatable bonds is 4. The zero-order chi connectivity index (χ0) is 12.3. The Hall–Kier alpha value is -1.92. The van der Waals surface area contributed by atoms with Crippen LogP contribution in [0.5, 0.6) is 11.9 Å². The average molecular weight is 241 g/mol. The third kappa shape index (κ3) is 2.61. The van der Waals surface area contributed by atoms with Crippen molar-refractivity contribution >= 4 is 6.41 Å². The number of ether oxygens (including phenoxy) is 2. The molecule has 1 aliphatic heterocycles. The lowest BCUT2D eigenvalue weighted by Crippen LogP contribution is -2.24. The molecular weight excluding hydrogens is 229 g/mol. The van der Waals surface area contributed by atoms with Gasteiger partial charge in [-0.2, -0.15) is 9.37 Å². The normalized spacial score (nSPS) is 19.2. The predicted octanol–water partition coefficient (Wildman–Crippen LogP) is 0.234. The third-order valence-corrected chi connectivity index (χ3v) is 2.48. The molecule has 0 saturated carbocycles. The summed E-state index contributed by atoms with van der Waals surface area (Å²) in [6, 6.07) is 0.0565. The number of likely N-dealkylation sites (tertiary alicyclic amines) is 1. The maximum Gasteiger partial charge on any atom is 0.320 e. The molecule has 7 heteroatoms. The van der Waals surface area contributed by atoms with E-state index in [1.165, 1.54) is 7.11 Å². The van der Waals surface area contributed by atoms with Crippen LogP contribution < -0.4 is 9.47 Å². The first kappa shape index (κ1) is 11.6. The highest BCUT2D eigenvalue weighted by Crippen LogP contribution is 2.18. The molecule has 1 aromatic heterocycles. The molecule has 1 amide bonds. The van der Waals surface area contributed by atoms with E-state index in [2.05, 4.69) is 9.97 Å². The lowest BCUT2D eigenvalue weighted by Gasteiger charge is -2.12. The van der Waals surface area contributed by atoms with Crippen LogP contribution in [-0.2, 0) is 4.79 Å². The number of nitrogens with zero attached hydrogens (tertiary/aromatic N) is 3. The molecule has 0 spiro atoms. The van der Waals surface area contributed by atoms with Crippen molar-refractivity contribution in [1.29, 1.82) is 0 Å². The van der Waals surface area contributed by atoms with Gasteiger partial charge in [0.2, 0.25) is 12.2 Å². The van der Waals surface area contributed by atoms with Crippen molar-refractivity contribution in [1.82, 2.24) is 14.9 Å². The Morgan fingerprint density at radius 2 is 2.47 bits per heavy atom. The van der Waals surface area contributed by atoms with Crippen LogP contribution in [-0.4, -0.2) is 47.6 Å². The van der Waals surface area contributed by atoms with Crippen LogP contribution in [0.25, 0.3) is 0 Å². The molecule has 0 unspecified atom stereocenters. The van der Waals surface area contributed by atoms with Gasteiger partial charge in [-0.25, -0.2) is 4.98 Å². The molecule has 0 aliphatic carbocycles. The molecule has 0 radical (unpaired) electrons. The van der Waals surface area contributed by atoms with Crippen molar-refractivity contribution in [3.8, 4) is 11.9 Å². The Morgan fingerprint density at radius 3 is 3.12 bits per heavy atom. The van der Waals surface area contributed by atoms with Crippen molar-refractivity contribution in [3.05, 3.63) is 12.0 Å². The van der Waals surface area contributed by atoms with E-state index < -0.39 is 5.82 Å². The van der Waals surface area contributed by atoms with Crippen LogP contribution in [0.15, 0.2) is 6.20 Å². The molecule has 1 saturated heterocycles. The Kier molecular flexibility index (Phi) is 3.36. The quantitative estimate of drug-likeness (QED) is 0.706. The van der Waals surface area contributed by atoms with E-state index in [9.17, 15) is 9.18 Å². The standard InChI is InChI=1S/C10H12FN3O3/c1-16-9-8(11)4-12-10(13-9)17-7-2-3-14(5-7)6-15/h4,6-7H,2-3,5H2,1H3/t7-/m1/s1. The van der Waals surface area contributed by atoms with Gasteiger partial charge in [0.15, 0.2) is 0 Å². The summed E-state index contributed by atoms with van der Waals surface area (Å²) in [6.07, 6.45) is 2.32. The number of carbonyl (C=O) groups is 1. The number of amides is 1. The summed E-state index contributed by atoms with van der Waals surface area (Å²) in [4.78, 5) is 19.6. The first-order valence-electron chi connectivity index (χ1n) is 5.15. The van der Waals surface area contributed by atoms with Crippen LogP contribution in [0.4, 0.5) is 4.39 Å². The fourth-order valence-electron chi connectivity index (χ4n) is 1.63. The smallest absolute Gasteiger partial charge is 0.320 e. The number of aromatic nitrogens is 2. The van der Waals surface area contributed by atoms with Gasteiger partial charge in [0.1, 0.15) is 6.10 Å². The van der Waals surface area contributed by atoms with Crippen molar-refractivity contribution in [3.63, 3.8) is 0 Å². The molecule has 2 rings (SSSR count). The summed E-state index contributed by atoms with van der Waals surface area (Å²) in [5.74, 6) is -0.791. The van der Waals surface area contributed by atoms with E-state index in [4.69, 9.17) is 9.47 Å². The maximum absolute atomic E-state index is 13.0. The van der Waals surface area contributed by atoms with E-state index in [1.54, 1.807) is 4.90 Å². The lowest BCUT2D eigenvalue weighted by atomic mass is 10.3. The van der Waals surface area contributed by atoms with Crippen LogP contribution in [0.3, 0.4) is 0 Å². The van der Waals surface area contributed by atoms with Crippen molar-refractivity contribution < 1.29 is 18.7 Å². The molecule has 2 heterocycles. The zero-order valence-corrected chi connectivity index (χ0v) is 9.30. The average Bonchev–Trinajstić information content (AvgIpc) is 2.79. The molecule has 1 aliphatic rings. The molecule has 1 atom stereocenters. The molecule has 17 heavy (non-hydrogen) atoms. The van der Waals surface area contributed by atoms with E-state index in [-0.39, 0.29) is 18.0 Å². The minimum atomic E-state index is -0.638. The second kappa shape index (κ2) is 4.94. The SMILES string of the molecule is COc1nc(O[C@@H]2CCN(C=O)C2)ncc1F. The first-order valence-corrected chi connectivity index (χ1v) is 5.15. The van der Waals surface area contributed by atoms with Gasteiger partial charge >= 0.3 is 6.01 Å². The van der Waals surface area contributed by atoms with E-state index in [0.717, 1.165) is 12.6 Å². The second-order valence-electron chi connectivity index (χ2n) is 3.64. The Labute approximate surface area is 97.4 Å². The fourth-order valence-corrected chi connectivity index (χ4v) is 1.63. The second-order valence-corrected chi connectivity index (χ2v) is 3.64. The zero-order valence-electron chi connectivity index (χ0n) is 9.30. The number of carbonyl (C=O) groups excluding carboxylic acids is 1. The topological polar surface area (TPSA) is 64.6 Å². The Bertz CT molecular complexity index is 416. The molecule has 0 N–H and O–H groups in total. The van der Waals surface area contributed by atoms with E-state index >= 15 is 0 Å². The number of hydrogen-bond donors (Lipinski definition) is 0. The molecule has 92 valence electrons. The minimum absolute atomic E-state index is 0.0565. The van der Waals surface area contributed by atoms with Gasteiger partial charge in [-0.3, -0.25) is 4.79 Å². The molecule has 1 fully saturated rings. The molecule has 0 bridgehead atoms. The number of halogens is 1. The Balaban J connectivity index is 2.02. The van der Waals surface area contributed by atoms with Gasteiger partial charge in [-0.1, -0.05) is 0 Å². The van der Waals surface area contributed by atoms with Crippen LogP contribution in [0.1, 0.15) is 6.42 Å². The molecular formula is C10H12FN3O3. The van der Waals surface area contributed by atoms with E-state index in [0.29, 0.717) is 19.5 Å². The highest BCUT2D eigenvalue weighted by atomic mass is 19.1. The van der Waals surface area contributed by atoms with E-state index in [1.807, 2.05) is 0 Å². The first-order chi connectivity index (χ1) is 8.22. The maximum atomic E-state index is 13.0. The minimum Gasteiger partial charge on any atom is -0.479 e. The lowest BCUT2D eigenvalue weighted by molar-refractivity contribution is -0.117. The summed E-state index contributed by atoms with van der Waals surface area (Å²) < 4.78 is 23.2. The third-order valence-electron chi connectivity index (χ3n) is 2.48. The summed E-state index contributed by atoms with van der Waals surface area (Å²) in [5, 5.41) is 0. The summed E-state index contributed by atoms with van der Waals surface area (Å²) in [6.45, 7) is 1.14. The fraction of sp³-hybridized carbons (Fsp3) is 0.500. The van der Waals surface area contributed by atoms with Crippen LogP contribution in [0, 0.1) is 5.82 Å². The number of methoxy groups -OCH3 is 1. The van der Waals surface area contributed by atoms with Crippen LogP contribution in [0.2, 0.25) is 0 Å². The van der Waals surface area contributed by atoms with Gasteiger partial charge in [0, 0.05) is 13.0 Å². The van der Waals surface area contributed by atoms with Crippen molar-refractivity contribution in [2.45, 2.75) is 12.5 Å². The molecule has 6 nitrogen and oxygen atoms in total. The summed E-state index contributed by atoms with van der Waals surface area (Å²) in [7, 11) is 1.32. The monoisotopic (exact) mass is 241 g/mol. The van der Waals surface area contributed by atoms with Gasteiger partial charge in [-0.15, -0.1) is 0 Å². The summed E-state index contributed by atoms with van der Waals surface area (Å²) in [5.41, 5.74) is 0. The molecule has 0 aromatic carbocycles. The predicted molar refractivity (Wildman–Crippen MR) is 55.2 cm³/mol. The number of hydrogen-bond acceptors (Lipinski definition) is 5. The van der Waals surface area contributed by atoms with Gasteiger partial charge in [-0.05, 0) is 0 Å². The van der Waals surface area contributed by atoms with Crippen molar-refractivity contribution in [2.75, 3.05) is 20.2 Å². The Morgan fingerprint density at radius 1 is 1.65 bits per heavy atom. The molecule has 1 aromatic rings. The van der Waals surface area contributed by atoms with Gasteiger partial charge < -0.3 is 14.4 Å². The highest BCUT2D eigenvalue weighted by molar-refractivity contribution is 5.47. The summed E-state index contributed by atoms with van der Waals surface area (Å²) >= 11 is 0.